The first-order chi connectivity index (χ1) is 13.2. The molecule has 0 spiro atoms. The van der Waals surface area contributed by atoms with Crippen LogP contribution in [0, 0.1) is 0 Å². The van der Waals surface area contributed by atoms with Gasteiger partial charge < -0.3 is 5.32 Å². The third kappa shape index (κ3) is 5.40. The van der Waals surface area contributed by atoms with Gasteiger partial charge in [0, 0.05) is 5.39 Å². The minimum Gasteiger partial charge on any atom is -0.351 e. The van der Waals surface area contributed by atoms with E-state index in [1.165, 1.54) is 6.21 Å². The summed E-state index contributed by atoms with van der Waals surface area (Å²) in [5.74, 6) is -0.132. The second-order valence-electron chi connectivity index (χ2n) is 5.78. The Kier molecular flexibility index (Phi) is 6.14. The number of oxime groups is 1. The number of hydrogen-bond donors (Lipinski definition) is 2. The van der Waals surface area contributed by atoms with E-state index in [9.17, 15) is 9.59 Å². The highest BCUT2D eigenvalue weighted by Crippen LogP contribution is 2.22. The number of benzene rings is 3. The summed E-state index contributed by atoms with van der Waals surface area (Å²) in [4.78, 5) is 28.4. The average Bonchev–Trinajstić information content (AvgIpc) is 2.69. The molecule has 136 valence electrons. The van der Waals surface area contributed by atoms with Crippen molar-refractivity contribution in [3.63, 3.8) is 0 Å². The van der Waals surface area contributed by atoms with Gasteiger partial charge >= 0.3 is 6.09 Å². The molecule has 3 rings (SSSR count). The monoisotopic (exact) mass is 361 g/mol. The molecule has 3 aromatic rings. The molecule has 0 aliphatic heterocycles. The summed E-state index contributed by atoms with van der Waals surface area (Å²) < 4.78 is 0. The van der Waals surface area contributed by atoms with E-state index < -0.39 is 6.09 Å². The van der Waals surface area contributed by atoms with Crippen LogP contribution in [0.5, 0.6) is 0 Å². The normalized spacial score (nSPS) is 10.7. The highest BCUT2D eigenvalue weighted by molar-refractivity contribution is 6.00. The van der Waals surface area contributed by atoms with Crippen molar-refractivity contribution in [2.24, 2.45) is 5.16 Å². The number of amides is 2. The second-order valence-corrected chi connectivity index (χ2v) is 5.78. The first kappa shape index (κ1) is 18.1. The molecule has 0 bridgehead atoms. The lowest BCUT2D eigenvalue weighted by atomic mass is 10.1. The van der Waals surface area contributed by atoms with Crippen LogP contribution < -0.4 is 10.6 Å². The Morgan fingerprint density at radius 2 is 1.67 bits per heavy atom. The summed E-state index contributed by atoms with van der Waals surface area (Å²) in [6.07, 6.45) is 0.918. The van der Waals surface area contributed by atoms with E-state index >= 15 is 0 Å². The maximum Gasteiger partial charge on any atom is 0.437 e. The molecule has 2 N–H and O–H groups in total. The summed E-state index contributed by atoms with van der Waals surface area (Å²) in [6, 6.07) is 22.7. The Morgan fingerprint density at radius 1 is 0.926 bits per heavy atom. The molecule has 0 fully saturated rings. The zero-order valence-corrected chi connectivity index (χ0v) is 14.6. The number of carbonyl (C=O) groups excluding carboxylic acids is 2. The molecule has 0 saturated carbocycles. The van der Waals surface area contributed by atoms with E-state index in [1.807, 2.05) is 66.7 Å². The Balaban J connectivity index is 1.43. The van der Waals surface area contributed by atoms with Crippen molar-refractivity contribution in [2.75, 3.05) is 11.9 Å². The van der Waals surface area contributed by atoms with Crippen molar-refractivity contribution in [2.45, 2.75) is 6.42 Å². The standard InChI is InChI=1S/C21H19N3O3/c25-20(15-16-7-2-1-3-8-16)22-13-14-23-27-21(26)24-19-12-6-10-17-9-4-5-11-18(17)19/h1-12,14H,13,15H2,(H,22,25)(H,24,26)/b23-14-. The Morgan fingerprint density at radius 3 is 2.52 bits per heavy atom. The molecule has 0 saturated heterocycles. The fourth-order valence-corrected chi connectivity index (χ4v) is 2.59. The number of rotatable bonds is 6. The summed E-state index contributed by atoms with van der Waals surface area (Å²) in [5, 5.41) is 10.8. The third-order valence-electron chi connectivity index (χ3n) is 3.83. The first-order valence-electron chi connectivity index (χ1n) is 8.50. The van der Waals surface area contributed by atoms with Crippen LogP contribution in [0.2, 0.25) is 0 Å². The topological polar surface area (TPSA) is 79.8 Å². The molecule has 6 heteroatoms. The van der Waals surface area contributed by atoms with Gasteiger partial charge in [-0.3, -0.25) is 14.9 Å². The Hall–Kier alpha value is -3.67. The molecule has 0 radical (unpaired) electrons. The molecule has 0 aliphatic rings. The molecule has 0 heterocycles. The van der Waals surface area contributed by atoms with E-state index in [0.717, 1.165) is 16.3 Å². The van der Waals surface area contributed by atoms with Gasteiger partial charge in [0.1, 0.15) is 0 Å². The smallest absolute Gasteiger partial charge is 0.351 e. The number of fused-ring (bicyclic) bond motifs is 1. The van der Waals surface area contributed by atoms with Crippen molar-refractivity contribution in [3.8, 4) is 0 Å². The maximum absolute atomic E-state index is 11.9. The Labute approximate surface area is 156 Å². The summed E-state index contributed by atoms with van der Waals surface area (Å²) >= 11 is 0. The summed E-state index contributed by atoms with van der Waals surface area (Å²) in [7, 11) is 0. The van der Waals surface area contributed by atoms with Crippen LogP contribution in [0.4, 0.5) is 10.5 Å². The van der Waals surface area contributed by atoms with E-state index in [2.05, 4.69) is 15.8 Å². The molecule has 0 aromatic heterocycles. The molecule has 3 aromatic carbocycles. The molecule has 27 heavy (non-hydrogen) atoms. The minimum atomic E-state index is -0.696. The van der Waals surface area contributed by atoms with Gasteiger partial charge in [-0.25, -0.2) is 4.79 Å². The van der Waals surface area contributed by atoms with Crippen LogP contribution in [0.15, 0.2) is 78.0 Å². The number of hydrogen-bond acceptors (Lipinski definition) is 4. The molecule has 0 aliphatic carbocycles. The van der Waals surface area contributed by atoms with Gasteiger partial charge in [-0.05, 0) is 17.0 Å². The van der Waals surface area contributed by atoms with Crippen LogP contribution >= 0.6 is 0 Å². The van der Waals surface area contributed by atoms with Gasteiger partial charge in [0.2, 0.25) is 5.91 Å². The lowest BCUT2D eigenvalue weighted by molar-refractivity contribution is -0.120. The minimum absolute atomic E-state index is 0.132. The van der Waals surface area contributed by atoms with Crippen LogP contribution in [-0.2, 0) is 16.1 Å². The number of nitrogens with one attached hydrogen (secondary N) is 2. The van der Waals surface area contributed by atoms with E-state index in [1.54, 1.807) is 6.07 Å². The third-order valence-corrected chi connectivity index (χ3v) is 3.83. The zero-order valence-electron chi connectivity index (χ0n) is 14.6. The quantitative estimate of drug-likeness (QED) is 0.399. The average molecular weight is 361 g/mol. The van der Waals surface area contributed by atoms with E-state index in [-0.39, 0.29) is 18.9 Å². The first-order valence-corrected chi connectivity index (χ1v) is 8.50. The second kappa shape index (κ2) is 9.15. The highest BCUT2D eigenvalue weighted by atomic mass is 16.7. The molecular weight excluding hydrogens is 342 g/mol. The van der Waals surface area contributed by atoms with E-state index in [0.29, 0.717) is 5.69 Å². The maximum atomic E-state index is 11.9. The molecule has 6 nitrogen and oxygen atoms in total. The van der Waals surface area contributed by atoms with Crippen molar-refractivity contribution >= 4 is 34.7 Å². The largest absolute Gasteiger partial charge is 0.437 e. The number of nitrogens with zero attached hydrogens (tertiary/aromatic N) is 1. The molecule has 0 unspecified atom stereocenters. The van der Waals surface area contributed by atoms with Crippen LogP contribution in [-0.4, -0.2) is 24.8 Å². The molecule has 0 atom stereocenters. The van der Waals surface area contributed by atoms with Crippen molar-refractivity contribution in [1.82, 2.24) is 5.32 Å². The predicted molar refractivity (Wildman–Crippen MR) is 106 cm³/mol. The van der Waals surface area contributed by atoms with Gasteiger partial charge in [0.15, 0.2) is 0 Å². The van der Waals surface area contributed by atoms with Gasteiger partial charge in [0.25, 0.3) is 0 Å². The molecular formula is C21H19N3O3. The Bertz CT molecular complexity index is 950. The van der Waals surface area contributed by atoms with Gasteiger partial charge in [-0.1, -0.05) is 71.9 Å². The van der Waals surface area contributed by atoms with Crippen molar-refractivity contribution in [3.05, 3.63) is 78.4 Å². The van der Waals surface area contributed by atoms with Crippen LogP contribution in [0.25, 0.3) is 10.8 Å². The fraction of sp³-hybridized carbons (Fsp3) is 0.0952. The fourth-order valence-electron chi connectivity index (χ4n) is 2.59. The van der Waals surface area contributed by atoms with Crippen molar-refractivity contribution in [1.29, 1.82) is 0 Å². The number of carbonyl (C=O) groups is 2. The van der Waals surface area contributed by atoms with Gasteiger partial charge in [0.05, 0.1) is 24.9 Å². The van der Waals surface area contributed by atoms with Gasteiger partial charge in [-0.15, -0.1) is 0 Å². The predicted octanol–water partition coefficient (Wildman–Crippen LogP) is 3.73. The highest BCUT2D eigenvalue weighted by Gasteiger charge is 2.06. The van der Waals surface area contributed by atoms with Crippen LogP contribution in [0.1, 0.15) is 5.56 Å². The number of anilines is 1. The zero-order chi connectivity index (χ0) is 18.9. The lowest BCUT2D eigenvalue weighted by Gasteiger charge is -2.06. The van der Waals surface area contributed by atoms with Crippen molar-refractivity contribution < 1.29 is 14.4 Å². The SMILES string of the molecule is O=C(Cc1ccccc1)NC/C=N\OC(=O)Nc1cccc2ccccc12. The lowest BCUT2D eigenvalue weighted by Crippen LogP contribution is -2.26. The van der Waals surface area contributed by atoms with Gasteiger partial charge in [-0.2, -0.15) is 0 Å². The van der Waals surface area contributed by atoms with E-state index in [4.69, 9.17) is 4.84 Å². The summed E-state index contributed by atoms with van der Waals surface area (Å²) in [5.41, 5.74) is 1.57. The van der Waals surface area contributed by atoms with Crippen LogP contribution in [0.3, 0.4) is 0 Å². The summed E-state index contributed by atoms with van der Waals surface area (Å²) in [6.45, 7) is 0.174. The molecule has 2 amide bonds.